The Morgan fingerprint density at radius 3 is 2.65 bits per heavy atom. The molecule has 0 aromatic heterocycles. The van der Waals surface area contributed by atoms with Crippen molar-refractivity contribution in [1.29, 1.82) is 0 Å². The van der Waals surface area contributed by atoms with Crippen molar-refractivity contribution >= 4 is 11.7 Å². The minimum absolute atomic E-state index is 0.242. The number of non-ortho nitro benzene ring substituents is 1. The monoisotopic (exact) mass is 243 g/mol. The molecular weight excluding hydrogens is 233 g/mol. The molecule has 0 aliphatic heterocycles. The van der Waals surface area contributed by atoms with E-state index in [9.17, 15) is 19.3 Å². The molecule has 1 aromatic carbocycles. The van der Waals surface area contributed by atoms with E-state index in [1.165, 1.54) is 14.0 Å². The van der Waals surface area contributed by atoms with Gasteiger partial charge in [0.25, 0.3) is 5.69 Å². The van der Waals surface area contributed by atoms with Gasteiger partial charge in [-0.05, 0) is 13.0 Å². The van der Waals surface area contributed by atoms with Crippen molar-refractivity contribution in [3.05, 3.63) is 34.1 Å². The quantitative estimate of drug-likeness (QED) is 0.456. The predicted molar refractivity (Wildman–Crippen MR) is 55.2 cm³/mol. The van der Waals surface area contributed by atoms with Crippen LogP contribution in [0.2, 0.25) is 0 Å². The van der Waals surface area contributed by atoms with Gasteiger partial charge in [0.1, 0.15) is 0 Å². The normalized spacial score (nSPS) is 11.7. The van der Waals surface area contributed by atoms with Gasteiger partial charge in [-0.2, -0.15) is 0 Å². The Hall–Kier alpha value is -2.18. The number of nitrogens with zero attached hydrogens (tertiary/aromatic N) is 1. The first-order valence-electron chi connectivity index (χ1n) is 4.64. The maximum atomic E-state index is 13.4. The van der Waals surface area contributed by atoms with Gasteiger partial charge in [-0.3, -0.25) is 10.1 Å². The summed E-state index contributed by atoms with van der Waals surface area (Å²) in [5.41, 5.74) is -0.388. The van der Waals surface area contributed by atoms with E-state index in [0.717, 1.165) is 18.2 Å². The SMILES string of the molecule is COC(=O)[C@@H](C)Oc1ccc([N+](=O)[O-])cc1F. The number of ether oxygens (including phenoxy) is 2. The van der Waals surface area contributed by atoms with Crippen LogP contribution in [0.25, 0.3) is 0 Å². The lowest BCUT2D eigenvalue weighted by Crippen LogP contribution is -2.25. The molecule has 0 saturated carbocycles. The third-order valence-corrected chi connectivity index (χ3v) is 1.96. The first-order chi connectivity index (χ1) is 7.95. The second kappa shape index (κ2) is 5.24. The average Bonchev–Trinajstić information content (AvgIpc) is 2.30. The van der Waals surface area contributed by atoms with Gasteiger partial charge in [0.05, 0.1) is 18.1 Å². The number of nitro benzene ring substituents is 1. The summed E-state index contributed by atoms with van der Waals surface area (Å²) in [7, 11) is 1.17. The van der Waals surface area contributed by atoms with Crippen LogP contribution >= 0.6 is 0 Å². The number of hydrogen-bond acceptors (Lipinski definition) is 5. The van der Waals surface area contributed by atoms with Crippen molar-refractivity contribution in [3.8, 4) is 5.75 Å². The number of carbonyl (C=O) groups is 1. The van der Waals surface area contributed by atoms with E-state index in [1.807, 2.05) is 0 Å². The molecule has 0 saturated heterocycles. The van der Waals surface area contributed by atoms with E-state index in [1.54, 1.807) is 0 Å². The van der Waals surface area contributed by atoms with Gasteiger partial charge in [0.2, 0.25) is 0 Å². The molecular formula is C10H10FNO5. The summed E-state index contributed by atoms with van der Waals surface area (Å²) in [6.45, 7) is 1.38. The van der Waals surface area contributed by atoms with E-state index in [0.29, 0.717) is 0 Å². The Morgan fingerprint density at radius 2 is 2.18 bits per heavy atom. The lowest BCUT2D eigenvalue weighted by molar-refractivity contribution is -0.385. The Bertz CT molecular complexity index is 448. The molecule has 0 aliphatic carbocycles. The number of esters is 1. The van der Waals surface area contributed by atoms with Crippen LogP contribution in [0.15, 0.2) is 18.2 Å². The molecule has 0 amide bonds. The van der Waals surface area contributed by atoms with Gasteiger partial charge < -0.3 is 9.47 Å². The zero-order valence-corrected chi connectivity index (χ0v) is 9.18. The first-order valence-corrected chi connectivity index (χ1v) is 4.64. The van der Waals surface area contributed by atoms with E-state index in [-0.39, 0.29) is 11.4 Å². The summed E-state index contributed by atoms with van der Waals surface area (Å²) in [5.74, 6) is -1.81. The molecule has 0 unspecified atom stereocenters. The van der Waals surface area contributed by atoms with Crippen LogP contribution in [0.4, 0.5) is 10.1 Å². The molecule has 6 nitrogen and oxygen atoms in total. The molecule has 0 spiro atoms. The molecule has 1 aromatic rings. The van der Waals surface area contributed by atoms with E-state index in [4.69, 9.17) is 4.74 Å². The fourth-order valence-corrected chi connectivity index (χ4v) is 1.10. The zero-order chi connectivity index (χ0) is 13.0. The van der Waals surface area contributed by atoms with E-state index < -0.39 is 22.8 Å². The van der Waals surface area contributed by atoms with Crippen molar-refractivity contribution in [2.75, 3.05) is 7.11 Å². The summed E-state index contributed by atoms with van der Waals surface area (Å²) in [6.07, 6.45) is -0.990. The van der Waals surface area contributed by atoms with Gasteiger partial charge in [0.15, 0.2) is 17.7 Å². The lowest BCUT2D eigenvalue weighted by atomic mass is 10.3. The summed E-state index contributed by atoms with van der Waals surface area (Å²) in [5, 5.41) is 10.4. The Kier molecular flexibility index (Phi) is 3.97. The van der Waals surface area contributed by atoms with E-state index in [2.05, 4.69) is 4.74 Å². The lowest BCUT2D eigenvalue weighted by Gasteiger charge is -2.12. The maximum absolute atomic E-state index is 13.4. The van der Waals surface area contributed by atoms with Crippen LogP contribution in [0.3, 0.4) is 0 Å². The van der Waals surface area contributed by atoms with Gasteiger partial charge in [-0.1, -0.05) is 0 Å². The standard InChI is InChI=1S/C10H10FNO5/c1-6(10(13)16-2)17-9-4-3-7(12(14)15)5-8(9)11/h3-6H,1-2H3/t6-/m1/s1. The van der Waals surface area contributed by atoms with Crippen LogP contribution in [-0.4, -0.2) is 24.1 Å². The summed E-state index contributed by atoms with van der Waals surface area (Å²) in [6, 6.07) is 2.90. The van der Waals surface area contributed by atoms with Crippen molar-refractivity contribution < 1.29 is 23.6 Å². The van der Waals surface area contributed by atoms with Gasteiger partial charge in [-0.15, -0.1) is 0 Å². The molecule has 1 rings (SSSR count). The number of benzene rings is 1. The Morgan fingerprint density at radius 1 is 1.53 bits per heavy atom. The highest BCUT2D eigenvalue weighted by atomic mass is 19.1. The van der Waals surface area contributed by atoms with Gasteiger partial charge in [0, 0.05) is 6.07 Å². The van der Waals surface area contributed by atoms with Crippen molar-refractivity contribution in [2.45, 2.75) is 13.0 Å². The molecule has 17 heavy (non-hydrogen) atoms. The molecule has 0 aliphatic rings. The zero-order valence-electron chi connectivity index (χ0n) is 9.18. The number of nitro groups is 1. The van der Waals surface area contributed by atoms with Crippen LogP contribution in [-0.2, 0) is 9.53 Å². The van der Waals surface area contributed by atoms with Gasteiger partial charge >= 0.3 is 5.97 Å². The smallest absolute Gasteiger partial charge is 0.346 e. The third-order valence-electron chi connectivity index (χ3n) is 1.96. The minimum atomic E-state index is -0.990. The molecule has 1 atom stereocenters. The molecule has 0 fully saturated rings. The molecule has 7 heteroatoms. The highest BCUT2D eigenvalue weighted by Gasteiger charge is 2.18. The van der Waals surface area contributed by atoms with Crippen LogP contribution in [0.1, 0.15) is 6.92 Å². The van der Waals surface area contributed by atoms with Crippen LogP contribution < -0.4 is 4.74 Å². The van der Waals surface area contributed by atoms with Gasteiger partial charge in [-0.25, -0.2) is 9.18 Å². The largest absolute Gasteiger partial charge is 0.476 e. The average molecular weight is 243 g/mol. The highest BCUT2D eigenvalue weighted by Crippen LogP contribution is 2.23. The third kappa shape index (κ3) is 3.13. The Balaban J connectivity index is 2.86. The van der Waals surface area contributed by atoms with Crippen molar-refractivity contribution in [1.82, 2.24) is 0 Å². The predicted octanol–water partition coefficient (Wildman–Crippen LogP) is 1.67. The maximum Gasteiger partial charge on any atom is 0.346 e. The van der Waals surface area contributed by atoms with Crippen molar-refractivity contribution in [3.63, 3.8) is 0 Å². The minimum Gasteiger partial charge on any atom is -0.476 e. The fourth-order valence-electron chi connectivity index (χ4n) is 1.10. The number of carbonyl (C=O) groups excluding carboxylic acids is 1. The summed E-state index contributed by atoms with van der Waals surface area (Å²) >= 11 is 0. The summed E-state index contributed by atoms with van der Waals surface area (Å²) in [4.78, 5) is 20.7. The molecule has 0 N–H and O–H groups in total. The van der Waals surface area contributed by atoms with Crippen LogP contribution in [0, 0.1) is 15.9 Å². The highest BCUT2D eigenvalue weighted by molar-refractivity contribution is 5.74. The van der Waals surface area contributed by atoms with E-state index >= 15 is 0 Å². The molecule has 0 bridgehead atoms. The molecule has 0 radical (unpaired) electrons. The second-order valence-electron chi connectivity index (χ2n) is 3.16. The summed E-state index contributed by atoms with van der Waals surface area (Å²) < 4.78 is 22.7. The molecule has 92 valence electrons. The van der Waals surface area contributed by atoms with Crippen molar-refractivity contribution in [2.24, 2.45) is 0 Å². The Labute approximate surface area is 96.1 Å². The fraction of sp³-hybridized carbons (Fsp3) is 0.300. The number of rotatable bonds is 4. The molecule has 0 heterocycles. The number of halogens is 1. The number of methoxy groups -OCH3 is 1. The van der Waals surface area contributed by atoms with Crippen LogP contribution in [0.5, 0.6) is 5.75 Å². The number of hydrogen-bond donors (Lipinski definition) is 0. The second-order valence-corrected chi connectivity index (χ2v) is 3.16. The topological polar surface area (TPSA) is 78.7 Å². The first kappa shape index (κ1) is 12.9.